The maximum Gasteiger partial charge on any atom is 0.438 e. The first-order valence-electron chi connectivity index (χ1n) is 3.75. The van der Waals surface area contributed by atoms with Crippen LogP contribution in [0.5, 0.6) is 0 Å². The molecule has 0 aromatic rings. The highest BCUT2D eigenvalue weighted by Gasteiger charge is 2.73. The molecular weight excluding hydrogens is 230 g/mol. The minimum Gasteiger partial charge on any atom is -0.315 e. The van der Waals surface area contributed by atoms with Crippen LogP contribution in [0.15, 0.2) is 0 Å². The molecule has 0 saturated heterocycles. The van der Waals surface area contributed by atoms with Gasteiger partial charge in [-0.3, -0.25) is 4.79 Å². The number of hydrogen-bond acceptors (Lipinski definition) is 2. The minimum absolute atomic E-state index is 0.982. The lowest BCUT2D eigenvalue weighted by atomic mass is 10.1. The fourth-order valence-electron chi connectivity index (χ4n) is 0.682. The summed E-state index contributed by atoms with van der Waals surface area (Å²) in [6, 6.07) is 0. The Hall–Kier alpha value is -0.790. The smallest absolute Gasteiger partial charge is 0.315 e. The van der Waals surface area contributed by atoms with Gasteiger partial charge in [0, 0.05) is 0 Å². The van der Waals surface area contributed by atoms with Gasteiger partial charge in [0.25, 0.3) is 0 Å². The van der Waals surface area contributed by atoms with Crippen LogP contribution in [-0.2, 0) is 9.53 Å². The summed E-state index contributed by atoms with van der Waals surface area (Å²) in [6.45, 7) is 1.96. The molecular formula is C7H8F6O2. The van der Waals surface area contributed by atoms with Gasteiger partial charge in [-0.15, -0.1) is 0 Å². The molecule has 90 valence electrons. The number of carbonyl (C=O) groups is 1. The minimum atomic E-state index is -6.03. The average molecular weight is 238 g/mol. The van der Waals surface area contributed by atoms with Crippen molar-refractivity contribution in [1.29, 1.82) is 0 Å². The van der Waals surface area contributed by atoms with E-state index in [0.717, 1.165) is 13.8 Å². The Morgan fingerprint density at radius 1 is 1.07 bits per heavy atom. The number of alkyl halides is 6. The maximum absolute atomic E-state index is 12.8. The van der Waals surface area contributed by atoms with Crippen LogP contribution in [0.2, 0.25) is 0 Å². The fourth-order valence-corrected chi connectivity index (χ4v) is 0.682. The lowest BCUT2D eigenvalue weighted by molar-refractivity contribution is -0.371. The third-order valence-electron chi connectivity index (χ3n) is 1.38. The Bertz CT molecular complexity index is 236. The van der Waals surface area contributed by atoms with Crippen LogP contribution in [0.25, 0.3) is 0 Å². The summed E-state index contributed by atoms with van der Waals surface area (Å²) in [5, 5.41) is 0. The Kier molecular flexibility index (Phi) is 3.78. The zero-order valence-electron chi connectivity index (χ0n) is 7.74. The van der Waals surface area contributed by atoms with E-state index >= 15 is 0 Å². The summed E-state index contributed by atoms with van der Waals surface area (Å²) < 4.78 is 77.3. The summed E-state index contributed by atoms with van der Waals surface area (Å²) in [6.07, 6.45) is -14.2. The fraction of sp³-hybridized carbons (Fsp3) is 0.857. The van der Waals surface area contributed by atoms with Gasteiger partial charge in [0.15, 0.2) is 6.29 Å². The first-order valence-corrected chi connectivity index (χ1v) is 3.75. The van der Waals surface area contributed by atoms with Gasteiger partial charge in [-0.25, -0.2) is 4.39 Å². The van der Waals surface area contributed by atoms with E-state index in [2.05, 4.69) is 4.74 Å². The second-order valence-electron chi connectivity index (χ2n) is 3.01. The Labute approximate surface area is 81.2 Å². The average Bonchev–Trinajstić information content (AvgIpc) is 1.97. The molecule has 0 spiro atoms. The Morgan fingerprint density at radius 3 is 1.67 bits per heavy atom. The van der Waals surface area contributed by atoms with Gasteiger partial charge < -0.3 is 4.74 Å². The molecule has 0 fully saturated rings. The van der Waals surface area contributed by atoms with Crippen molar-refractivity contribution in [1.82, 2.24) is 0 Å². The first kappa shape index (κ1) is 14.2. The maximum atomic E-state index is 12.8. The molecule has 0 amide bonds. The van der Waals surface area contributed by atoms with Gasteiger partial charge in [-0.1, -0.05) is 0 Å². The SMILES string of the molecule is CC(C)OC(F)(F)C(F)(C=O)C(F)(F)F. The van der Waals surface area contributed by atoms with E-state index in [9.17, 15) is 31.1 Å². The molecule has 15 heavy (non-hydrogen) atoms. The summed E-state index contributed by atoms with van der Waals surface area (Å²) in [5.41, 5.74) is -5.33. The molecule has 0 N–H and O–H groups in total. The highest BCUT2D eigenvalue weighted by Crippen LogP contribution is 2.44. The quantitative estimate of drug-likeness (QED) is 0.555. The van der Waals surface area contributed by atoms with Crippen LogP contribution in [-0.4, -0.2) is 30.3 Å². The lowest BCUT2D eigenvalue weighted by Crippen LogP contribution is -2.58. The molecule has 0 saturated carbocycles. The van der Waals surface area contributed by atoms with Crippen molar-refractivity contribution in [3.63, 3.8) is 0 Å². The van der Waals surface area contributed by atoms with E-state index < -0.39 is 30.3 Å². The molecule has 2 nitrogen and oxygen atoms in total. The zero-order chi connectivity index (χ0) is 12.5. The second-order valence-corrected chi connectivity index (χ2v) is 3.01. The van der Waals surface area contributed by atoms with E-state index in [4.69, 9.17) is 0 Å². The highest BCUT2D eigenvalue weighted by atomic mass is 19.4. The van der Waals surface area contributed by atoms with Crippen molar-refractivity contribution in [2.45, 2.75) is 37.9 Å². The number of ether oxygens (including phenoxy) is 1. The van der Waals surface area contributed by atoms with E-state index in [1.807, 2.05) is 0 Å². The largest absolute Gasteiger partial charge is 0.438 e. The second kappa shape index (κ2) is 3.99. The third-order valence-corrected chi connectivity index (χ3v) is 1.38. The van der Waals surface area contributed by atoms with E-state index in [1.54, 1.807) is 0 Å². The molecule has 0 aliphatic heterocycles. The molecule has 1 atom stereocenters. The van der Waals surface area contributed by atoms with Crippen molar-refractivity contribution in [3.8, 4) is 0 Å². The normalized spacial score (nSPS) is 17.7. The molecule has 1 unspecified atom stereocenters. The third kappa shape index (κ3) is 2.61. The van der Waals surface area contributed by atoms with Gasteiger partial charge in [-0.05, 0) is 13.8 Å². The summed E-state index contributed by atoms with van der Waals surface area (Å²) >= 11 is 0. The van der Waals surface area contributed by atoms with Crippen LogP contribution < -0.4 is 0 Å². The van der Waals surface area contributed by atoms with Gasteiger partial charge in [0.05, 0.1) is 6.10 Å². The van der Waals surface area contributed by atoms with Gasteiger partial charge in [0.2, 0.25) is 0 Å². The number of hydrogen-bond donors (Lipinski definition) is 0. The summed E-state index contributed by atoms with van der Waals surface area (Å²) in [7, 11) is 0. The molecule has 0 aromatic carbocycles. The molecule has 0 aliphatic carbocycles. The van der Waals surface area contributed by atoms with Crippen molar-refractivity contribution < 1.29 is 35.9 Å². The molecule has 0 heterocycles. The molecule has 0 aliphatic rings. The van der Waals surface area contributed by atoms with Gasteiger partial charge in [-0.2, -0.15) is 22.0 Å². The first-order chi connectivity index (χ1) is 6.48. The molecule has 0 aromatic heterocycles. The predicted octanol–water partition coefficient (Wildman–Crippen LogP) is 2.47. The predicted molar refractivity (Wildman–Crippen MR) is 37.1 cm³/mol. The summed E-state index contributed by atoms with van der Waals surface area (Å²) in [4.78, 5) is 9.85. The molecule has 0 radical (unpaired) electrons. The zero-order valence-corrected chi connectivity index (χ0v) is 7.74. The van der Waals surface area contributed by atoms with Crippen LogP contribution >= 0.6 is 0 Å². The van der Waals surface area contributed by atoms with Crippen LogP contribution in [0.4, 0.5) is 26.3 Å². The van der Waals surface area contributed by atoms with Crippen LogP contribution in [0.1, 0.15) is 13.8 Å². The van der Waals surface area contributed by atoms with E-state index in [0.29, 0.717) is 0 Å². The van der Waals surface area contributed by atoms with Crippen molar-refractivity contribution >= 4 is 6.29 Å². The van der Waals surface area contributed by atoms with E-state index in [-0.39, 0.29) is 0 Å². The molecule has 0 rings (SSSR count). The number of aldehydes is 1. The number of carbonyl (C=O) groups excluding carboxylic acids is 1. The Balaban J connectivity index is 5.19. The van der Waals surface area contributed by atoms with Crippen LogP contribution in [0, 0.1) is 0 Å². The topological polar surface area (TPSA) is 26.3 Å². The summed E-state index contributed by atoms with van der Waals surface area (Å²) in [5.74, 6) is 0. The number of rotatable bonds is 4. The Morgan fingerprint density at radius 2 is 1.47 bits per heavy atom. The van der Waals surface area contributed by atoms with Crippen molar-refractivity contribution in [3.05, 3.63) is 0 Å². The monoisotopic (exact) mass is 238 g/mol. The molecule has 0 bridgehead atoms. The number of halogens is 6. The standard InChI is InChI=1S/C7H8F6O2/c1-4(2)15-7(12,13)5(8,3-14)6(9,10)11/h3-4H,1-2H3. The van der Waals surface area contributed by atoms with Gasteiger partial charge in [0.1, 0.15) is 0 Å². The van der Waals surface area contributed by atoms with Crippen molar-refractivity contribution in [2.75, 3.05) is 0 Å². The van der Waals surface area contributed by atoms with Crippen LogP contribution in [0.3, 0.4) is 0 Å². The lowest BCUT2D eigenvalue weighted by Gasteiger charge is -2.30. The molecule has 8 heteroatoms. The highest BCUT2D eigenvalue weighted by molar-refractivity contribution is 5.65. The van der Waals surface area contributed by atoms with Gasteiger partial charge >= 0.3 is 18.0 Å². The van der Waals surface area contributed by atoms with E-state index in [1.165, 1.54) is 0 Å². The van der Waals surface area contributed by atoms with Crippen molar-refractivity contribution in [2.24, 2.45) is 0 Å².